The first-order valence-electron chi connectivity index (χ1n) is 5.87. The van der Waals surface area contributed by atoms with Crippen LogP contribution in [-0.2, 0) is 0 Å². The van der Waals surface area contributed by atoms with Crippen molar-refractivity contribution < 1.29 is 9.66 Å². The van der Waals surface area contributed by atoms with Crippen molar-refractivity contribution in [2.45, 2.75) is 0 Å². The summed E-state index contributed by atoms with van der Waals surface area (Å²) in [4.78, 5) is 10.2. The Kier molecular flexibility index (Phi) is 4.28. The molecule has 0 atom stereocenters. The number of rotatable bonds is 5. The van der Waals surface area contributed by atoms with Crippen LogP contribution < -0.4 is 10.2 Å². The second kappa shape index (κ2) is 6.33. The summed E-state index contributed by atoms with van der Waals surface area (Å²) in [5.74, 6) is 0.706. The molecule has 0 aliphatic carbocycles. The van der Waals surface area contributed by atoms with Gasteiger partial charge in [-0.1, -0.05) is 18.2 Å². The molecule has 2 aromatic carbocycles. The molecule has 6 nitrogen and oxygen atoms in total. The average Bonchev–Trinajstić information content (AvgIpc) is 2.48. The van der Waals surface area contributed by atoms with E-state index in [9.17, 15) is 10.1 Å². The lowest BCUT2D eigenvalue weighted by Crippen LogP contribution is -1.94. The van der Waals surface area contributed by atoms with E-state index in [2.05, 4.69) is 10.5 Å². The van der Waals surface area contributed by atoms with Gasteiger partial charge in [0.15, 0.2) is 0 Å². The molecule has 6 heteroatoms. The zero-order valence-corrected chi connectivity index (χ0v) is 10.8. The molecule has 0 aliphatic rings. The number of nitro benzene ring substituents is 1. The second-order valence-electron chi connectivity index (χ2n) is 3.92. The van der Waals surface area contributed by atoms with E-state index >= 15 is 0 Å². The van der Waals surface area contributed by atoms with Gasteiger partial charge in [-0.15, -0.1) is 0 Å². The number of hydrazone groups is 1. The highest BCUT2D eigenvalue weighted by molar-refractivity contribution is 5.84. The van der Waals surface area contributed by atoms with Crippen LogP contribution in [0.4, 0.5) is 11.4 Å². The van der Waals surface area contributed by atoms with Gasteiger partial charge in [-0.3, -0.25) is 15.5 Å². The average molecular weight is 271 g/mol. The SMILES string of the molecule is COc1ccccc1C=NNc1cccc([N+](=O)[O-])c1. The Morgan fingerprint density at radius 3 is 2.80 bits per heavy atom. The third-order valence-electron chi connectivity index (χ3n) is 2.59. The first kappa shape index (κ1) is 13.5. The molecule has 0 radical (unpaired) electrons. The number of para-hydroxylation sites is 1. The first-order valence-corrected chi connectivity index (χ1v) is 5.87. The zero-order chi connectivity index (χ0) is 14.4. The van der Waals surface area contributed by atoms with Crippen molar-refractivity contribution >= 4 is 17.6 Å². The predicted molar refractivity (Wildman–Crippen MR) is 77.3 cm³/mol. The molecule has 0 unspecified atom stereocenters. The van der Waals surface area contributed by atoms with E-state index in [-0.39, 0.29) is 5.69 Å². The van der Waals surface area contributed by atoms with Crippen molar-refractivity contribution in [2.75, 3.05) is 12.5 Å². The van der Waals surface area contributed by atoms with Gasteiger partial charge in [-0.25, -0.2) is 0 Å². The van der Waals surface area contributed by atoms with Gasteiger partial charge in [0.25, 0.3) is 5.69 Å². The number of benzene rings is 2. The molecule has 102 valence electrons. The highest BCUT2D eigenvalue weighted by atomic mass is 16.6. The number of hydrogen-bond donors (Lipinski definition) is 1. The van der Waals surface area contributed by atoms with Gasteiger partial charge < -0.3 is 4.74 Å². The molecule has 1 N–H and O–H groups in total. The van der Waals surface area contributed by atoms with Crippen molar-refractivity contribution in [3.05, 3.63) is 64.2 Å². The summed E-state index contributed by atoms with van der Waals surface area (Å²) in [5, 5.41) is 14.7. The molecule has 0 saturated carbocycles. The molecular weight excluding hydrogens is 258 g/mol. The van der Waals surface area contributed by atoms with Crippen LogP contribution in [0.3, 0.4) is 0 Å². The molecular formula is C14H13N3O3. The lowest BCUT2D eigenvalue weighted by molar-refractivity contribution is -0.384. The Balaban J connectivity index is 2.10. The summed E-state index contributed by atoms with van der Waals surface area (Å²) in [6.07, 6.45) is 1.59. The highest BCUT2D eigenvalue weighted by Gasteiger charge is 2.04. The van der Waals surface area contributed by atoms with Gasteiger partial charge >= 0.3 is 0 Å². The van der Waals surface area contributed by atoms with E-state index in [1.54, 1.807) is 25.5 Å². The van der Waals surface area contributed by atoms with Gasteiger partial charge in [0.05, 0.1) is 23.9 Å². The number of nitro groups is 1. The van der Waals surface area contributed by atoms with E-state index in [0.29, 0.717) is 11.4 Å². The quantitative estimate of drug-likeness (QED) is 0.515. The minimum atomic E-state index is -0.449. The summed E-state index contributed by atoms with van der Waals surface area (Å²) >= 11 is 0. The molecule has 0 bridgehead atoms. The maximum Gasteiger partial charge on any atom is 0.271 e. The topological polar surface area (TPSA) is 76.8 Å². The Bertz CT molecular complexity index is 641. The largest absolute Gasteiger partial charge is 0.496 e. The first-order chi connectivity index (χ1) is 9.70. The maximum absolute atomic E-state index is 10.7. The molecule has 0 saturated heterocycles. The summed E-state index contributed by atoms with van der Waals surface area (Å²) in [6, 6.07) is 13.6. The molecule has 0 spiro atoms. The fourth-order valence-electron chi connectivity index (χ4n) is 1.64. The number of nitrogens with zero attached hydrogens (tertiary/aromatic N) is 2. The summed E-state index contributed by atoms with van der Waals surface area (Å²) in [7, 11) is 1.58. The molecule has 20 heavy (non-hydrogen) atoms. The van der Waals surface area contributed by atoms with Crippen molar-refractivity contribution in [1.82, 2.24) is 0 Å². The fourth-order valence-corrected chi connectivity index (χ4v) is 1.64. The monoisotopic (exact) mass is 271 g/mol. The van der Waals surface area contributed by atoms with Crippen molar-refractivity contribution in [3.63, 3.8) is 0 Å². The minimum Gasteiger partial charge on any atom is -0.496 e. The standard InChI is InChI=1S/C14H13N3O3/c1-20-14-8-3-2-5-11(14)10-15-16-12-6-4-7-13(9-12)17(18)19/h2-10,16H,1H3. The van der Waals surface area contributed by atoms with Crippen LogP contribution in [0.25, 0.3) is 0 Å². The normalized spacial score (nSPS) is 10.4. The van der Waals surface area contributed by atoms with Crippen LogP contribution in [0.15, 0.2) is 53.6 Å². The summed E-state index contributed by atoms with van der Waals surface area (Å²) < 4.78 is 5.19. The van der Waals surface area contributed by atoms with E-state index in [4.69, 9.17) is 4.74 Å². The van der Waals surface area contributed by atoms with Gasteiger partial charge in [0, 0.05) is 17.7 Å². The van der Waals surface area contributed by atoms with Crippen LogP contribution in [0, 0.1) is 10.1 Å². The van der Waals surface area contributed by atoms with Crippen LogP contribution >= 0.6 is 0 Å². The molecule has 0 heterocycles. The van der Waals surface area contributed by atoms with Crippen molar-refractivity contribution in [2.24, 2.45) is 5.10 Å². The van der Waals surface area contributed by atoms with Crippen molar-refractivity contribution in [1.29, 1.82) is 0 Å². The van der Waals surface area contributed by atoms with Gasteiger partial charge in [-0.2, -0.15) is 5.10 Å². The maximum atomic E-state index is 10.7. The van der Waals surface area contributed by atoms with Crippen LogP contribution in [0.5, 0.6) is 5.75 Å². The van der Waals surface area contributed by atoms with Gasteiger partial charge in [0.1, 0.15) is 5.75 Å². The molecule has 0 amide bonds. The van der Waals surface area contributed by atoms with Crippen LogP contribution in [0.1, 0.15) is 5.56 Å². The molecule has 2 rings (SSSR count). The number of nitrogens with one attached hydrogen (secondary N) is 1. The fraction of sp³-hybridized carbons (Fsp3) is 0.0714. The Labute approximate surface area is 115 Å². The third kappa shape index (κ3) is 3.32. The Morgan fingerprint density at radius 1 is 1.25 bits per heavy atom. The molecule has 2 aromatic rings. The molecule has 0 fully saturated rings. The summed E-state index contributed by atoms with van der Waals surface area (Å²) in [5.41, 5.74) is 4.12. The lowest BCUT2D eigenvalue weighted by Gasteiger charge is -2.03. The Hall–Kier alpha value is -2.89. The third-order valence-corrected chi connectivity index (χ3v) is 2.59. The van der Waals surface area contributed by atoms with E-state index in [1.807, 2.05) is 24.3 Å². The highest BCUT2D eigenvalue weighted by Crippen LogP contribution is 2.18. The number of non-ortho nitro benzene ring substituents is 1. The van der Waals surface area contributed by atoms with E-state index < -0.39 is 4.92 Å². The molecule has 0 aromatic heterocycles. The minimum absolute atomic E-state index is 0.0162. The van der Waals surface area contributed by atoms with Gasteiger partial charge in [-0.05, 0) is 18.2 Å². The number of ether oxygens (including phenoxy) is 1. The van der Waals surface area contributed by atoms with Crippen molar-refractivity contribution in [3.8, 4) is 5.75 Å². The smallest absolute Gasteiger partial charge is 0.271 e. The number of hydrogen-bond acceptors (Lipinski definition) is 5. The second-order valence-corrected chi connectivity index (χ2v) is 3.92. The Morgan fingerprint density at radius 2 is 2.05 bits per heavy atom. The van der Waals surface area contributed by atoms with E-state index in [0.717, 1.165) is 5.56 Å². The lowest BCUT2D eigenvalue weighted by atomic mass is 10.2. The number of anilines is 1. The zero-order valence-electron chi connectivity index (χ0n) is 10.8. The van der Waals surface area contributed by atoms with Crippen LogP contribution in [-0.4, -0.2) is 18.2 Å². The van der Waals surface area contributed by atoms with E-state index in [1.165, 1.54) is 12.1 Å². The van der Waals surface area contributed by atoms with Gasteiger partial charge in [0.2, 0.25) is 0 Å². The molecule has 0 aliphatic heterocycles. The number of methoxy groups -OCH3 is 1. The summed E-state index contributed by atoms with van der Waals surface area (Å²) in [6.45, 7) is 0. The predicted octanol–water partition coefficient (Wildman–Crippen LogP) is 3.05. The van der Waals surface area contributed by atoms with Crippen LogP contribution in [0.2, 0.25) is 0 Å².